The van der Waals surface area contributed by atoms with Crippen LogP contribution in [-0.4, -0.2) is 68.8 Å². The lowest BCUT2D eigenvalue weighted by Gasteiger charge is -2.49. The van der Waals surface area contributed by atoms with Gasteiger partial charge in [-0.15, -0.1) is 0 Å². The third-order valence-corrected chi connectivity index (χ3v) is 4.67. The van der Waals surface area contributed by atoms with Gasteiger partial charge in [0.05, 0.1) is 12.1 Å². The van der Waals surface area contributed by atoms with Crippen molar-refractivity contribution in [2.45, 2.75) is 38.3 Å². The van der Waals surface area contributed by atoms with Gasteiger partial charge in [0.15, 0.2) is 0 Å². The van der Waals surface area contributed by atoms with Crippen molar-refractivity contribution in [2.75, 3.05) is 47.4 Å². The van der Waals surface area contributed by atoms with Gasteiger partial charge in [-0.25, -0.2) is 0 Å². The Labute approximate surface area is 112 Å². The van der Waals surface area contributed by atoms with E-state index in [1.807, 2.05) is 0 Å². The molecule has 18 heavy (non-hydrogen) atoms. The molecule has 0 radical (unpaired) electrons. The van der Waals surface area contributed by atoms with Gasteiger partial charge in [-0.2, -0.15) is 0 Å². The predicted octanol–water partition coefficient (Wildman–Crippen LogP) is 1.01. The summed E-state index contributed by atoms with van der Waals surface area (Å²) in [6.07, 6.45) is 2.54. The predicted molar refractivity (Wildman–Crippen MR) is 76.8 cm³/mol. The molecule has 0 amide bonds. The molecule has 0 aromatic heterocycles. The summed E-state index contributed by atoms with van der Waals surface area (Å²) in [6, 6.07) is 0.588. The van der Waals surface area contributed by atoms with Crippen LogP contribution in [0.2, 0.25) is 0 Å². The minimum atomic E-state index is -0.0441. The van der Waals surface area contributed by atoms with Crippen LogP contribution in [0.5, 0.6) is 0 Å². The summed E-state index contributed by atoms with van der Waals surface area (Å²) in [4.78, 5) is 4.90. The highest BCUT2D eigenvalue weighted by Gasteiger charge is 2.40. The third-order valence-electron chi connectivity index (χ3n) is 4.67. The Morgan fingerprint density at radius 1 is 1.50 bits per heavy atom. The third kappa shape index (κ3) is 3.23. The fourth-order valence-corrected chi connectivity index (χ4v) is 3.18. The zero-order valence-electron chi connectivity index (χ0n) is 12.8. The first-order valence-electron chi connectivity index (χ1n) is 7.08. The van der Waals surface area contributed by atoms with Crippen LogP contribution in [0.4, 0.5) is 0 Å². The van der Waals surface area contributed by atoms with Gasteiger partial charge in [-0.05, 0) is 39.4 Å². The van der Waals surface area contributed by atoms with E-state index in [9.17, 15) is 0 Å². The number of nitrogens with two attached hydrogens (primary N) is 1. The summed E-state index contributed by atoms with van der Waals surface area (Å²) in [7, 11) is 6.19. The van der Waals surface area contributed by atoms with Crippen LogP contribution < -0.4 is 5.73 Å². The molecule has 1 aliphatic rings. The van der Waals surface area contributed by atoms with Crippen molar-refractivity contribution in [2.24, 2.45) is 11.7 Å². The lowest BCUT2D eigenvalue weighted by atomic mass is 9.83. The Kier molecular flexibility index (Phi) is 6.05. The second-order valence-corrected chi connectivity index (χ2v) is 6.06. The molecule has 1 aliphatic heterocycles. The standard InChI is InChI=1S/C14H31N3O/c1-12(2)14(10-15,11-18-5)17(4)13-7-6-8-16(3)9-13/h12-13H,6-11,15H2,1-5H3. The Morgan fingerprint density at radius 2 is 2.17 bits per heavy atom. The molecule has 4 nitrogen and oxygen atoms in total. The Hall–Kier alpha value is -0.160. The number of hydrogen-bond donors (Lipinski definition) is 1. The summed E-state index contributed by atoms with van der Waals surface area (Å²) in [5.74, 6) is 0.486. The van der Waals surface area contributed by atoms with E-state index in [2.05, 4.69) is 37.7 Å². The number of likely N-dealkylation sites (tertiary alicyclic amines) is 1. The second kappa shape index (κ2) is 6.85. The van der Waals surface area contributed by atoms with E-state index in [-0.39, 0.29) is 5.54 Å². The van der Waals surface area contributed by atoms with Crippen molar-refractivity contribution in [1.82, 2.24) is 9.80 Å². The molecular weight excluding hydrogens is 226 g/mol. The minimum Gasteiger partial charge on any atom is -0.383 e. The van der Waals surface area contributed by atoms with Gasteiger partial charge < -0.3 is 15.4 Å². The van der Waals surface area contributed by atoms with Crippen LogP contribution in [0.25, 0.3) is 0 Å². The fourth-order valence-electron chi connectivity index (χ4n) is 3.18. The maximum atomic E-state index is 6.10. The number of rotatable bonds is 6. The van der Waals surface area contributed by atoms with Gasteiger partial charge in [0, 0.05) is 26.2 Å². The van der Waals surface area contributed by atoms with E-state index in [0.717, 1.165) is 6.54 Å². The average molecular weight is 257 g/mol. The molecule has 0 bridgehead atoms. The van der Waals surface area contributed by atoms with Crippen LogP contribution in [0.15, 0.2) is 0 Å². The maximum Gasteiger partial charge on any atom is 0.0661 e. The van der Waals surface area contributed by atoms with Crippen molar-refractivity contribution >= 4 is 0 Å². The van der Waals surface area contributed by atoms with Gasteiger partial charge in [-0.1, -0.05) is 13.8 Å². The van der Waals surface area contributed by atoms with Crippen LogP contribution >= 0.6 is 0 Å². The van der Waals surface area contributed by atoms with Crippen LogP contribution in [0.3, 0.4) is 0 Å². The van der Waals surface area contributed by atoms with Gasteiger partial charge in [0.1, 0.15) is 0 Å². The summed E-state index contributed by atoms with van der Waals surface area (Å²) < 4.78 is 5.46. The van der Waals surface area contributed by atoms with E-state index in [4.69, 9.17) is 10.5 Å². The molecule has 0 aromatic carbocycles. The molecule has 0 spiro atoms. The summed E-state index contributed by atoms with van der Waals surface area (Å²) in [5, 5.41) is 0. The van der Waals surface area contributed by atoms with Crippen LogP contribution in [-0.2, 0) is 4.74 Å². The lowest BCUT2D eigenvalue weighted by molar-refractivity contribution is -0.0388. The first-order chi connectivity index (χ1) is 8.47. The van der Waals surface area contributed by atoms with Crippen molar-refractivity contribution < 1.29 is 4.74 Å². The zero-order valence-corrected chi connectivity index (χ0v) is 12.8. The van der Waals surface area contributed by atoms with Crippen LogP contribution in [0.1, 0.15) is 26.7 Å². The van der Waals surface area contributed by atoms with Crippen molar-refractivity contribution in [3.05, 3.63) is 0 Å². The average Bonchev–Trinajstić information content (AvgIpc) is 2.34. The molecule has 0 aliphatic carbocycles. The van der Waals surface area contributed by atoms with E-state index < -0.39 is 0 Å². The molecule has 2 N–H and O–H groups in total. The Morgan fingerprint density at radius 3 is 2.61 bits per heavy atom. The van der Waals surface area contributed by atoms with Gasteiger partial charge >= 0.3 is 0 Å². The first kappa shape index (κ1) is 15.9. The summed E-state index contributed by atoms with van der Waals surface area (Å²) in [5.41, 5.74) is 6.06. The topological polar surface area (TPSA) is 41.7 Å². The SMILES string of the molecule is COCC(CN)(C(C)C)N(C)C1CCCN(C)C1. The number of nitrogens with zero attached hydrogens (tertiary/aromatic N) is 2. The fraction of sp³-hybridized carbons (Fsp3) is 1.00. The molecule has 1 heterocycles. The number of methoxy groups -OCH3 is 1. The largest absolute Gasteiger partial charge is 0.383 e. The van der Waals surface area contributed by atoms with Crippen molar-refractivity contribution in [1.29, 1.82) is 0 Å². The van der Waals surface area contributed by atoms with E-state index in [1.165, 1.54) is 19.4 Å². The molecule has 0 saturated carbocycles. The molecule has 108 valence electrons. The quantitative estimate of drug-likeness (QED) is 0.771. The molecule has 1 rings (SSSR count). The number of ether oxygens (including phenoxy) is 1. The Bertz CT molecular complexity index is 247. The first-order valence-corrected chi connectivity index (χ1v) is 7.08. The summed E-state index contributed by atoms with van der Waals surface area (Å²) in [6.45, 7) is 8.19. The van der Waals surface area contributed by atoms with E-state index >= 15 is 0 Å². The molecule has 4 heteroatoms. The molecule has 2 unspecified atom stereocenters. The highest BCUT2D eigenvalue weighted by atomic mass is 16.5. The van der Waals surface area contributed by atoms with Crippen molar-refractivity contribution in [3.63, 3.8) is 0 Å². The molecular formula is C14H31N3O. The smallest absolute Gasteiger partial charge is 0.0661 e. The zero-order chi connectivity index (χ0) is 13.8. The van der Waals surface area contributed by atoms with Crippen molar-refractivity contribution in [3.8, 4) is 0 Å². The Balaban J connectivity index is 2.83. The van der Waals surface area contributed by atoms with Gasteiger partial charge in [-0.3, -0.25) is 4.90 Å². The van der Waals surface area contributed by atoms with Gasteiger partial charge in [0.2, 0.25) is 0 Å². The second-order valence-electron chi connectivity index (χ2n) is 6.06. The van der Waals surface area contributed by atoms with Gasteiger partial charge in [0.25, 0.3) is 0 Å². The van der Waals surface area contributed by atoms with E-state index in [0.29, 0.717) is 25.1 Å². The number of hydrogen-bond acceptors (Lipinski definition) is 4. The normalized spacial score (nSPS) is 25.7. The monoisotopic (exact) mass is 257 g/mol. The number of piperidine rings is 1. The summed E-state index contributed by atoms with van der Waals surface area (Å²) >= 11 is 0. The maximum absolute atomic E-state index is 6.10. The van der Waals surface area contributed by atoms with Crippen LogP contribution in [0, 0.1) is 5.92 Å². The number of likely N-dealkylation sites (N-methyl/N-ethyl adjacent to an activating group) is 2. The molecule has 0 aromatic rings. The molecule has 1 saturated heterocycles. The highest BCUT2D eigenvalue weighted by molar-refractivity contribution is 4.97. The highest BCUT2D eigenvalue weighted by Crippen LogP contribution is 2.28. The van der Waals surface area contributed by atoms with E-state index in [1.54, 1.807) is 7.11 Å². The molecule has 1 fully saturated rings. The molecule has 2 atom stereocenters. The minimum absolute atomic E-state index is 0.0441. The lowest BCUT2D eigenvalue weighted by Crippen LogP contribution is -2.64.